The molecule has 2 heterocycles. The number of nitrogens with one attached hydrogen (secondary N) is 2. The fourth-order valence-electron chi connectivity index (χ4n) is 2.76. The van der Waals surface area contributed by atoms with Gasteiger partial charge in [0.05, 0.1) is 11.5 Å². The van der Waals surface area contributed by atoms with E-state index in [9.17, 15) is 13.5 Å². The number of nitrogens with zero attached hydrogens (tertiary/aromatic N) is 1. The number of H-pyrrole nitrogens is 1. The van der Waals surface area contributed by atoms with Crippen molar-refractivity contribution in [3.05, 3.63) is 48.3 Å². The first-order valence-corrected chi connectivity index (χ1v) is 9.61. The van der Waals surface area contributed by atoms with E-state index in [4.69, 9.17) is 0 Å². The van der Waals surface area contributed by atoms with Gasteiger partial charge in [0.15, 0.2) is 0 Å². The average molecular weight is 359 g/mol. The molecule has 132 valence electrons. The summed E-state index contributed by atoms with van der Waals surface area (Å²) in [5, 5.41) is 10.2. The summed E-state index contributed by atoms with van der Waals surface area (Å²) in [7, 11) is -3.65. The number of aliphatic hydroxyl groups excluding tert-OH is 1. The number of aliphatic hydroxyl groups is 1. The Morgan fingerprint density at radius 2 is 1.96 bits per heavy atom. The molecule has 2 aromatic heterocycles. The Bertz CT molecular complexity index is 974. The van der Waals surface area contributed by atoms with Gasteiger partial charge in [0.2, 0.25) is 10.0 Å². The van der Waals surface area contributed by atoms with Gasteiger partial charge in [-0.3, -0.25) is 0 Å². The van der Waals surface area contributed by atoms with E-state index >= 15 is 0 Å². The van der Waals surface area contributed by atoms with Gasteiger partial charge in [-0.15, -0.1) is 0 Å². The monoisotopic (exact) mass is 359 g/mol. The molecule has 0 saturated heterocycles. The minimum Gasteiger partial charge on any atom is -0.395 e. The first-order chi connectivity index (χ1) is 11.9. The van der Waals surface area contributed by atoms with Crippen LogP contribution in [0, 0.1) is 6.92 Å². The van der Waals surface area contributed by atoms with Gasteiger partial charge in [-0.2, -0.15) is 0 Å². The van der Waals surface area contributed by atoms with Gasteiger partial charge < -0.3 is 10.1 Å². The molecular formula is C18H21N3O3S. The van der Waals surface area contributed by atoms with Crippen LogP contribution in [0.4, 0.5) is 0 Å². The van der Waals surface area contributed by atoms with Crippen LogP contribution in [-0.2, 0) is 10.0 Å². The van der Waals surface area contributed by atoms with Crippen LogP contribution in [0.15, 0.2) is 47.5 Å². The fourth-order valence-corrected chi connectivity index (χ4v) is 4.07. The Kier molecular flexibility index (Phi) is 4.89. The maximum absolute atomic E-state index is 12.4. The normalized spacial score (nSPS) is 13.2. The Balaban J connectivity index is 1.94. The molecule has 0 fully saturated rings. The zero-order valence-corrected chi connectivity index (χ0v) is 15.0. The number of hydrogen-bond donors (Lipinski definition) is 3. The van der Waals surface area contributed by atoms with E-state index < -0.39 is 16.1 Å². The van der Waals surface area contributed by atoms with Crippen molar-refractivity contribution in [2.24, 2.45) is 0 Å². The molecule has 0 spiro atoms. The van der Waals surface area contributed by atoms with Crippen molar-refractivity contribution in [1.82, 2.24) is 14.7 Å². The lowest BCUT2D eigenvalue weighted by Gasteiger charge is -2.14. The molecule has 6 nitrogen and oxygen atoms in total. The maximum atomic E-state index is 12.4. The van der Waals surface area contributed by atoms with Crippen molar-refractivity contribution >= 4 is 21.1 Å². The summed E-state index contributed by atoms with van der Waals surface area (Å²) >= 11 is 0. The van der Waals surface area contributed by atoms with E-state index in [0.29, 0.717) is 6.42 Å². The minimum atomic E-state index is -3.65. The quantitative estimate of drug-likeness (QED) is 0.630. The molecule has 1 unspecified atom stereocenters. The van der Waals surface area contributed by atoms with Crippen LogP contribution in [0.5, 0.6) is 0 Å². The number of aromatic amines is 1. The standard InChI is InChI=1S/C18H21N3O3S/c1-3-14(11-22)21-25(23,24)15-6-4-13(5-7-15)16-8-9-19-18-17(16)10-12(2)20-18/h4-10,14,21-22H,3,11H2,1-2H3,(H,19,20). The Morgan fingerprint density at radius 3 is 2.60 bits per heavy atom. The van der Waals surface area contributed by atoms with E-state index in [2.05, 4.69) is 14.7 Å². The minimum absolute atomic E-state index is 0.179. The van der Waals surface area contributed by atoms with Crippen molar-refractivity contribution in [3.8, 4) is 11.1 Å². The molecular weight excluding hydrogens is 338 g/mol. The van der Waals surface area contributed by atoms with Gasteiger partial charge in [0, 0.05) is 23.3 Å². The van der Waals surface area contributed by atoms with Crippen LogP contribution in [0.1, 0.15) is 19.0 Å². The highest BCUT2D eigenvalue weighted by atomic mass is 32.2. The smallest absolute Gasteiger partial charge is 0.240 e. The van der Waals surface area contributed by atoms with Gasteiger partial charge in [-0.1, -0.05) is 19.1 Å². The topological polar surface area (TPSA) is 95.1 Å². The molecule has 7 heteroatoms. The highest BCUT2D eigenvalue weighted by Gasteiger charge is 2.18. The zero-order valence-electron chi connectivity index (χ0n) is 14.2. The molecule has 1 atom stereocenters. The van der Waals surface area contributed by atoms with E-state index in [1.165, 1.54) is 0 Å². The third-order valence-corrected chi connectivity index (χ3v) is 5.71. The van der Waals surface area contributed by atoms with E-state index in [0.717, 1.165) is 27.9 Å². The van der Waals surface area contributed by atoms with Crippen LogP contribution in [0.25, 0.3) is 22.2 Å². The van der Waals surface area contributed by atoms with Gasteiger partial charge in [0.1, 0.15) is 5.65 Å². The van der Waals surface area contributed by atoms with Crippen molar-refractivity contribution in [3.63, 3.8) is 0 Å². The molecule has 0 aliphatic carbocycles. The number of aryl methyl sites for hydroxylation is 1. The lowest BCUT2D eigenvalue weighted by molar-refractivity contribution is 0.254. The third kappa shape index (κ3) is 3.58. The molecule has 3 aromatic rings. The molecule has 3 rings (SSSR count). The predicted molar refractivity (Wildman–Crippen MR) is 97.8 cm³/mol. The van der Waals surface area contributed by atoms with Crippen molar-refractivity contribution in [2.45, 2.75) is 31.2 Å². The van der Waals surface area contributed by atoms with Crippen molar-refractivity contribution < 1.29 is 13.5 Å². The van der Waals surface area contributed by atoms with E-state index in [-0.39, 0.29) is 11.5 Å². The summed E-state index contributed by atoms with van der Waals surface area (Å²) in [5.41, 5.74) is 3.74. The lowest BCUT2D eigenvalue weighted by atomic mass is 10.0. The third-order valence-electron chi connectivity index (χ3n) is 4.18. The number of sulfonamides is 1. The van der Waals surface area contributed by atoms with Crippen molar-refractivity contribution in [1.29, 1.82) is 0 Å². The van der Waals surface area contributed by atoms with E-state index in [1.54, 1.807) is 30.5 Å². The Morgan fingerprint density at radius 1 is 1.24 bits per heavy atom. The molecule has 0 radical (unpaired) electrons. The number of fused-ring (bicyclic) bond motifs is 1. The van der Waals surface area contributed by atoms with Gasteiger partial charge in [0.25, 0.3) is 0 Å². The van der Waals surface area contributed by atoms with Gasteiger partial charge in [-0.05, 0) is 48.7 Å². The maximum Gasteiger partial charge on any atom is 0.240 e. The number of benzene rings is 1. The summed E-state index contributed by atoms with van der Waals surface area (Å²) in [5.74, 6) is 0. The molecule has 0 bridgehead atoms. The summed E-state index contributed by atoms with van der Waals surface area (Å²) < 4.78 is 27.3. The molecule has 3 N–H and O–H groups in total. The van der Waals surface area contributed by atoms with Crippen molar-refractivity contribution in [2.75, 3.05) is 6.61 Å². The van der Waals surface area contributed by atoms with Gasteiger partial charge >= 0.3 is 0 Å². The van der Waals surface area contributed by atoms with Gasteiger partial charge in [-0.25, -0.2) is 18.1 Å². The predicted octanol–water partition coefficient (Wildman–Crippen LogP) is 2.59. The first-order valence-electron chi connectivity index (χ1n) is 8.12. The first kappa shape index (κ1) is 17.6. The lowest BCUT2D eigenvalue weighted by Crippen LogP contribution is -2.36. The second-order valence-electron chi connectivity index (χ2n) is 6.01. The van der Waals surface area contributed by atoms with Crippen LogP contribution in [0.3, 0.4) is 0 Å². The summed E-state index contributed by atoms with van der Waals surface area (Å²) in [6.45, 7) is 3.56. The molecule has 0 aliphatic heterocycles. The summed E-state index contributed by atoms with van der Waals surface area (Å²) in [6, 6.07) is 10.2. The molecule has 25 heavy (non-hydrogen) atoms. The Labute approximate surface area is 147 Å². The SMILES string of the molecule is CCC(CO)NS(=O)(=O)c1ccc(-c2ccnc3[nH]c(C)cc23)cc1. The van der Waals surface area contributed by atoms with Crippen LogP contribution < -0.4 is 4.72 Å². The molecule has 0 aliphatic rings. The van der Waals surface area contributed by atoms with Crippen LogP contribution in [0.2, 0.25) is 0 Å². The number of pyridine rings is 1. The summed E-state index contributed by atoms with van der Waals surface area (Å²) in [4.78, 5) is 7.69. The second-order valence-corrected chi connectivity index (χ2v) is 7.72. The number of aromatic nitrogens is 2. The largest absolute Gasteiger partial charge is 0.395 e. The highest BCUT2D eigenvalue weighted by molar-refractivity contribution is 7.89. The van der Waals surface area contributed by atoms with E-state index in [1.807, 2.05) is 26.0 Å². The average Bonchev–Trinajstić information content (AvgIpc) is 3.00. The zero-order chi connectivity index (χ0) is 18.0. The second kappa shape index (κ2) is 6.95. The van der Waals surface area contributed by atoms with Crippen LogP contribution >= 0.6 is 0 Å². The van der Waals surface area contributed by atoms with Crippen LogP contribution in [-0.4, -0.2) is 36.1 Å². The number of hydrogen-bond acceptors (Lipinski definition) is 4. The number of rotatable bonds is 6. The Hall–Kier alpha value is -2.22. The molecule has 0 amide bonds. The fraction of sp³-hybridized carbons (Fsp3) is 0.278. The highest BCUT2D eigenvalue weighted by Crippen LogP contribution is 2.28. The molecule has 1 aromatic carbocycles. The molecule has 0 saturated carbocycles. The summed E-state index contributed by atoms with van der Waals surface area (Å²) in [6.07, 6.45) is 2.25.